The summed E-state index contributed by atoms with van der Waals surface area (Å²) in [6.45, 7) is 0. The van der Waals surface area contributed by atoms with E-state index in [9.17, 15) is 0 Å². The van der Waals surface area contributed by atoms with Crippen molar-refractivity contribution in [2.75, 3.05) is 7.05 Å². The zero-order valence-corrected chi connectivity index (χ0v) is 6.47. The van der Waals surface area contributed by atoms with Crippen LogP contribution in [0.5, 0.6) is 0 Å². The van der Waals surface area contributed by atoms with Gasteiger partial charge < -0.3 is 10.2 Å². The monoisotopic (exact) mass is 144 g/mol. The van der Waals surface area contributed by atoms with Crippen LogP contribution in [0.4, 0.5) is 0 Å². The molecule has 0 heterocycles. The highest BCUT2D eigenvalue weighted by molar-refractivity contribution is 4.75. The van der Waals surface area contributed by atoms with E-state index in [0.717, 1.165) is 12.8 Å². The van der Waals surface area contributed by atoms with Crippen molar-refractivity contribution in [1.82, 2.24) is 5.32 Å². The molecule has 0 unspecified atom stereocenters. The van der Waals surface area contributed by atoms with Gasteiger partial charge in [0.15, 0.2) is 0 Å². The molecule has 3 heteroatoms. The van der Waals surface area contributed by atoms with Crippen molar-refractivity contribution in [3.05, 3.63) is 0 Å². The van der Waals surface area contributed by atoms with Crippen LogP contribution in [0, 0.1) is 0 Å². The minimum Gasteiger partial charge on any atom is -0.317 e. The molecule has 10 heavy (non-hydrogen) atoms. The second-order valence-electron chi connectivity index (χ2n) is 2.90. The Balaban J connectivity index is 2.17. The molecule has 60 valence electrons. The molecule has 0 atom stereocenters. The maximum Gasteiger partial charge on any atom is 0.0788 e. The number of hydrogen-bond acceptors (Lipinski definition) is 3. The second kappa shape index (κ2) is 3.91. The van der Waals surface area contributed by atoms with Gasteiger partial charge in [0.2, 0.25) is 0 Å². The fourth-order valence-corrected chi connectivity index (χ4v) is 1.49. The molecule has 0 amide bonds. The van der Waals surface area contributed by atoms with Crippen LogP contribution in [0.25, 0.3) is 0 Å². The van der Waals surface area contributed by atoms with Crippen LogP contribution in [0.2, 0.25) is 0 Å². The average Bonchev–Trinajstić information content (AvgIpc) is 2.05. The van der Waals surface area contributed by atoms with Gasteiger partial charge in [0.1, 0.15) is 0 Å². The maximum absolute atomic E-state index is 5.07. The van der Waals surface area contributed by atoms with Crippen LogP contribution in [0.15, 0.2) is 0 Å². The van der Waals surface area contributed by atoms with E-state index < -0.39 is 0 Å². The van der Waals surface area contributed by atoms with E-state index in [0.29, 0.717) is 12.1 Å². The van der Waals surface area contributed by atoms with Gasteiger partial charge in [-0.2, -0.15) is 0 Å². The lowest BCUT2D eigenvalue weighted by Gasteiger charge is -2.26. The molecule has 0 aliphatic heterocycles. The highest BCUT2D eigenvalue weighted by atomic mass is 16.6. The molecule has 1 aliphatic rings. The fraction of sp³-hybridized carbons (Fsp3) is 1.00. The molecule has 1 saturated carbocycles. The van der Waals surface area contributed by atoms with E-state index in [2.05, 4.69) is 5.32 Å². The molecule has 3 nitrogen and oxygen atoms in total. The lowest BCUT2D eigenvalue weighted by molar-refractivity contribution is 0.0224. The normalized spacial score (nSPS) is 34.2. The van der Waals surface area contributed by atoms with Gasteiger partial charge in [-0.1, -0.05) is 0 Å². The summed E-state index contributed by atoms with van der Waals surface area (Å²) in [7, 11) is 2.01. The van der Waals surface area contributed by atoms with Gasteiger partial charge in [0.05, 0.1) is 6.10 Å². The summed E-state index contributed by atoms with van der Waals surface area (Å²) in [5.74, 6) is 5.07. The van der Waals surface area contributed by atoms with Crippen molar-refractivity contribution in [3.63, 3.8) is 0 Å². The second-order valence-corrected chi connectivity index (χ2v) is 2.90. The van der Waals surface area contributed by atoms with Crippen molar-refractivity contribution in [3.8, 4) is 0 Å². The molecule has 0 aromatic rings. The van der Waals surface area contributed by atoms with Crippen LogP contribution in [0.3, 0.4) is 0 Å². The van der Waals surface area contributed by atoms with Crippen LogP contribution in [0.1, 0.15) is 25.7 Å². The van der Waals surface area contributed by atoms with Gasteiger partial charge in [0.25, 0.3) is 0 Å². The highest BCUT2D eigenvalue weighted by Crippen LogP contribution is 2.19. The Morgan fingerprint density at radius 3 is 2.30 bits per heavy atom. The number of hydrogen-bond donors (Lipinski definition) is 2. The summed E-state index contributed by atoms with van der Waals surface area (Å²) < 4.78 is 0. The first kappa shape index (κ1) is 7.98. The van der Waals surface area contributed by atoms with Crippen LogP contribution < -0.4 is 11.2 Å². The predicted octanol–water partition coefficient (Wildman–Crippen LogP) is 0.407. The Morgan fingerprint density at radius 2 is 1.90 bits per heavy atom. The van der Waals surface area contributed by atoms with E-state index in [1.807, 2.05) is 7.05 Å². The number of nitrogens with one attached hydrogen (secondary N) is 1. The summed E-state index contributed by atoms with van der Waals surface area (Å²) in [5, 5.41) is 3.25. The molecule has 1 fully saturated rings. The molecule has 0 radical (unpaired) electrons. The van der Waals surface area contributed by atoms with Gasteiger partial charge in [0, 0.05) is 6.04 Å². The average molecular weight is 144 g/mol. The summed E-state index contributed by atoms with van der Waals surface area (Å²) >= 11 is 0. The van der Waals surface area contributed by atoms with E-state index in [4.69, 9.17) is 10.7 Å². The summed E-state index contributed by atoms with van der Waals surface area (Å²) in [6.07, 6.45) is 4.89. The lowest BCUT2D eigenvalue weighted by Crippen LogP contribution is -2.33. The van der Waals surface area contributed by atoms with E-state index >= 15 is 0 Å². The Hall–Kier alpha value is -0.120. The van der Waals surface area contributed by atoms with Crippen LogP contribution >= 0.6 is 0 Å². The Bertz CT molecular complexity index is 77.6. The van der Waals surface area contributed by atoms with Gasteiger partial charge in [-0.05, 0) is 32.7 Å². The van der Waals surface area contributed by atoms with Crippen molar-refractivity contribution in [2.45, 2.75) is 37.8 Å². The lowest BCUT2D eigenvalue weighted by atomic mass is 9.93. The molecule has 0 saturated heterocycles. The first-order valence-corrected chi connectivity index (χ1v) is 3.89. The fourth-order valence-electron chi connectivity index (χ4n) is 1.49. The van der Waals surface area contributed by atoms with E-state index in [-0.39, 0.29) is 0 Å². The molecule has 0 aromatic heterocycles. The molecule has 1 aliphatic carbocycles. The zero-order valence-electron chi connectivity index (χ0n) is 6.47. The van der Waals surface area contributed by atoms with Crippen molar-refractivity contribution >= 4 is 0 Å². The van der Waals surface area contributed by atoms with E-state index in [1.54, 1.807) is 0 Å². The molecular formula is C7H16N2O. The SMILES string of the molecule is CN[C@H]1CC[C@@H](ON)CC1. The molecule has 1 rings (SSSR count). The van der Waals surface area contributed by atoms with Gasteiger partial charge in [-0.3, -0.25) is 0 Å². The van der Waals surface area contributed by atoms with Gasteiger partial charge in [-0.15, -0.1) is 0 Å². The van der Waals surface area contributed by atoms with Crippen LogP contribution in [-0.2, 0) is 4.84 Å². The minimum absolute atomic E-state index is 0.310. The van der Waals surface area contributed by atoms with E-state index in [1.165, 1.54) is 12.8 Å². The molecule has 3 N–H and O–H groups in total. The Morgan fingerprint density at radius 1 is 1.30 bits per heavy atom. The summed E-state index contributed by atoms with van der Waals surface area (Å²) in [4.78, 5) is 4.76. The standard InChI is InChI=1S/C7H16N2O/c1-9-6-2-4-7(10-8)5-3-6/h6-7,9H,2-5,8H2,1H3/t6-,7+. The third kappa shape index (κ3) is 1.94. The topological polar surface area (TPSA) is 47.3 Å². The highest BCUT2D eigenvalue weighted by Gasteiger charge is 2.19. The smallest absolute Gasteiger partial charge is 0.0788 e. The third-order valence-corrected chi connectivity index (χ3v) is 2.27. The third-order valence-electron chi connectivity index (χ3n) is 2.27. The molecule has 0 spiro atoms. The zero-order chi connectivity index (χ0) is 7.40. The summed E-state index contributed by atoms with van der Waals surface area (Å²) in [5.41, 5.74) is 0. The van der Waals surface area contributed by atoms with Gasteiger partial charge in [-0.25, -0.2) is 5.90 Å². The largest absolute Gasteiger partial charge is 0.317 e. The predicted molar refractivity (Wildman–Crippen MR) is 40.4 cm³/mol. The Kier molecular flexibility index (Phi) is 3.12. The first-order valence-electron chi connectivity index (χ1n) is 3.89. The molecular weight excluding hydrogens is 128 g/mol. The quantitative estimate of drug-likeness (QED) is 0.552. The van der Waals surface area contributed by atoms with Crippen molar-refractivity contribution in [1.29, 1.82) is 0 Å². The Labute approximate surface area is 61.9 Å². The first-order chi connectivity index (χ1) is 4.86. The summed E-state index contributed by atoms with van der Waals surface area (Å²) in [6, 6.07) is 0.686. The number of nitrogens with two attached hydrogens (primary N) is 1. The van der Waals surface area contributed by atoms with Crippen molar-refractivity contribution < 1.29 is 4.84 Å². The van der Waals surface area contributed by atoms with Gasteiger partial charge >= 0.3 is 0 Å². The van der Waals surface area contributed by atoms with Crippen LogP contribution in [-0.4, -0.2) is 19.2 Å². The maximum atomic E-state index is 5.07. The minimum atomic E-state index is 0.310. The number of rotatable bonds is 2. The molecule has 0 bridgehead atoms. The molecule has 0 aromatic carbocycles. The van der Waals surface area contributed by atoms with Crippen molar-refractivity contribution in [2.24, 2.45) is 5.90 Å².